The van der Waals surface area contributed by atoms with Gasteiger partial charge in [0.25, 0.3) is 0 Å². The van der Waals surface area contributed by atoms with Crippen molar-refractivity contribution in [1.82, 2.24) is 10.6 Å². The molecule has 2 aliphatic rings. The van der Waals surface area contributed by atoms with Gasteiger partial charge in [0.1, 0.15) is 0 Å². The predicted octanol–water partition coefficient (Wildman–Crippen LogP) is 4.47. The Morgan fingerprint density at radius 1 is 0.733 bits per heavy atom. The topological polar surface area (TPSA) is 53.5 Å². The van der Waals surface area contributed by atoms with Crippen LogP contribution < -0.4 is 10.6 Å². The molecule has 0 atom stereocenters. The molecule has 0 spiro atoms. The summed E-state index contributed by atoms with van der Waals surface area (Å²) < 4.78 is 5.72. The molecule has 2 aromatic carbocycles. The normalized spacial score (nSPS) is 19.7. The Kier molecular flexibility index (Phi) is 10.2. The Morgan fingerprint density at radius 2 is 1.13 bits per heavy atom. The Morgan fingerprint density at radius 3 is 1.57 bits per heavy atom. The molecule has 0 bridgehead atoms. The molecule has 7 heteroatoms. The first-order valence-electron chi connectivity index (χ1n) is 10.2. The minimum absolute atomic E-state index is 0. The zero-order chi connectivity index (χ0) is 20.7. The molecule has 2 saturated heterocycles. The number of hydrogen-bond donors (Lipinski definition) is 3. The molecule has 2 aliphatic heterocycles. The number of hydrogen-bond acceptors (Lipinski definition) is 4. The van der Waals surface area contributed by atoms with Gasteiger partial charge in [-0.25, -0.2) is 0 Å². The van der Waals surface area contributed by atoms with Crippen molar-refractivity contribution >= 4 is 23.2 Å². The van der Waals surface area contributed by atoms with E-state index >= 15 is 0 Å². The summed E-state index contributed by atoms with van der Waals surface area (Å²) in [6.07, 6.45) is 3.58. The van der Waals surface area contributed by atoms with Crippen LogP contribution in [0, 0.1) is 0 Å². The molecule has 30 heavy (non-hydrogen) atoms. The molecule has 0 amide bonds. The predicted molar refractivity (Wildman–Crippen MR) is 120 cm³/mol. The van der Waals surface area contributed by atoms with Crippen LogP contribution in [0.15, 0.2) is 48.5 Å². The van der Waals surface area contributed by atoms with Crippen LogP contribution in [-0.4, -0.2) is 38.4 Å². The zero-order valence-electron chi connectivity index (χ0n) is 17.3. The van der Waals surface area contributed by atoms with E-state index in [1.807, 2.05) is 36.4 Å². The first kappa shape index (κ1) is 25.7. The number of nitrogens with one attached hydrogen (secondary N) is 2. The molecule has 163 valence electrons. The van der Waals surface area contributed by atoms with Gasteiger partial charge in [0.2, 0.25) is 0 Å². The average molecular weight is 488 g/mol. The number of ether oxygens (including phenoxy) is 1. The van der Waals surface area contributed by atoms with Crippen LogP contribution in [-0.2, 0) is 34.5 Å². The van der Waals surface area contributed by atoms with Gasteiger partial charge in [0, 0.05) is 35.7 Å². The number of methoxy groups -OCH3 is 1. The largest absolute Gasteiger partial charge is 0.385 e. The van der Waals surface area contributed by atoms with E-state index in [9.17, 15) is 5.11 Å². The minimum Gasteiger partial charge on any atom is -0.385 e. The van der Waals surface area contributed by atoms with Crippen molar-refractivity contribution in [3.05, 3.63) is 69.7 Å². The number of halogens is 2. The van der Waals surface area contributed by atoms with Crippen LogP contribution in [0.3, 0.4) is 0 Å². The van der Waals surface area contributed by atoms with Crippen molar-refractivity contribution in [2.45, 2.75) is 36.9 Å². The van der Waals surface area contributed by atoms with E-state index in [2.05, 4.69) is 22.8 Å². The van der Waals surface area contributed by atoms with E-state index in [1.165, 1.54) is 5.56 Å². The molecule has 2 heterocycles. The smallest absolute Gasteiger partial charge is 0.0951 e. The van der Waals surface area contributed by atoms with Gasteiger partial charge in [-0.2, -0.15) is 0 Å². The second-order valence-electron chi connectivity index (χ2n) is 7.74. The fraction of sp³-hybridized carbons (Fsp3) is 0.478. The summed E-state index contributed by atoms with van der Waals surface area (Å²) in [6, 6.07) is 15.5. The van der Waals surface area contributed by atoms with Crippen LogP contribution in [0.1, 0.15) is 36.8 Å². The summed E-state index contributed by atoms with van der Waals surface area (Å²) in [5.41, 5.74) is 1.44. The van der Waals surface area contributed by atoms with Gasteiger partial charge in [-0.15, -0.1) is 0 Å². The van der Waals surface area contributed by atoms with Crippen LogP contribution in [0.25, 0.3) is 0 Å². The van der Waals surface area contributed by atoms with Gasteiger partial charge in [-0.3, -0.25) is 0 Å². The Balaban J connectivity index is 0.000000207. The summed E-state index contributed by atoms with van der Waals surface area (Å²) in [5.74, 6) is 0. The summed E-state index contributed by atoms with van der Waals surface area (Å²) in [7, 11) is 1.79. The van der Waals surface area contributed by atoms with Crippen molar-refractivity contribution in [2.75, 3.05) is 33.3 Å². The van der Waals surface area contributed by atoms with Crippen LogP contribution in [0.5, 0.6) is 0 Å². The van der Waals surface area contributed by atoms with E-state index < -0.39 is 5.60 Å². The first-order valence-corrected chi connectivity index (χ1v) is 10.9. The fourth-order valence-electron chi connectivity index (χ4n) is 4.08. The van der Waals surface area contributed by atoms with Gasteiger partial charge in [0.15, 0.2) is 0 Å². The molecule has 4 rings (SSSR count). The zero-order valence-corrected chi connectivity index (χ0v) is 20.2. The molecule has 2 fully saturated rings. The van der Waals surface area contributed by atoms with Crippen LogP contribution in [0.2, 0.25) is 10.0 Å². The van der Waals surface area contributed by atoms with E-state index in [1.54, 1.807) is 7.11 Å². The van der Waals surface area contributed by atoms with Crippen LogP contribution in [0.4, 0.5) is 0 Å². The van der Waals surface area contributed by atoms with Gasteiger partial charge >= 0.3 is 0 Å². The Hall–Kier alpha value is -0.556. The molecule has 1 radical (unpaired) electrons. The van der Waals surface area contributed by atoms with E-state index in [0.29, 0.717) is 5.02 Å². The van der Waals surface area contributed by atoms with E-state index in [4.69, 9.17) is 27.9 Å². The summed E-state index contributed by atoms with van der Waals surface area (Å²) >= 11 is 11.7. The van der Waals surface area contributed by atoms with Gasteiger partial charge in [-0.05, 0) is 87.3 Å². The third-order valence-corrected chi connectivity index (χ3v) is 6.49. The van der Waals surface area contributed by atoms with E-state index in [-0.39, 0.29) is 24.2 Å². The number of benzene rings is 2. The SMILES string of the molecule is COC1(c2ccc(Cl)cc2)CCNCC1.OC1(c2ccc(Cl)cc2)CCNCC1.[V]. The monoisotopic (exact) mass is 487 g/mol. The quantitative estimate of drug-likeness (QED) is 0.597. The minimum atomic E-state index is -0.657. The number of aliphatic hydroxyl groups is 1. The molecule has 0 aromatic heterocycles. The van der Waals surface area contributed by atoms with Gasteiger partial charge in [-0.1, -0.05) is 47.5 Å². The molecular formula is C23H30Cl2N2O2V. The van der Waals surface area contributed by atoms with Crippen molar-refractivity contribution < 1.29 is 28.4 Å². The van der Waals surface area contributed by atoms with E-state index in [0.717, 1.165) is 62.4 Å². The maximum atomic E-state index is 10.4. The third-order valence-electron chi connectivity index (χ3n) is 5.98. The standard InChI is InChI=1S/C12H16ClNO.C11H14ClNO.V/c1-15-12(6-8-14-9-7-12)10-2-4-11(13)5-3-10;12-10-3-1-9(2-4-10)11(14)5-7-13-8-6-11;/h2-5,14H,6-9H2,1H3;1-4,13-14H,5-8H2;. The second kappa shape index (κ2) is 11.9. The van der Waals surface area contributed by atoms with Crippen molar-refractivity contribution in [3.63, 3.8) is 0 Å². The maximum Gasteiger partial charge on any atom is 0.0951 e. The number of piperidine rings is 2. The second-order valence-corrected chi connectivity index (χ2v) is 8.62. The maximum absolute atomic E-state index is 10.4. The fourth-order valence-corrected chi connectivity index (χ4v) is 4.34. The molecule has 2 aromatic rings. The van der Waals surface area contributed by atoms with Crippen molar-refractivity contribution in [2.24, 2.45) is 0 Å². The first-order chi connectivity index (χ1) is 14.0. The van der Waals surface area contributed by atoms with Gasteiger partial charge in [0.05, 0.1) is 11.2 Å². The molecule has 4 nitrogen and oxygen atoms in total. The Labute approximate surface area is 201 Å². The average Bonchev–Trinajstić information content (AvgIpc) is 2.76. The molecule has 0 aliphatic carbocycles. The Bertz CT molecular complexity index is 760. The van der Waals surface area contributed by atoms with Crippen LogP contribution >= 0.6 is 23.2 Å². The van der Waals surface area contributed by atoms with Gasteiger partial charge < -0.3 is 20.5 Å². The summed E-state index contributed by atoms with van der Waals surface area (Å²) in [5, 5.41) is 18.4. The summed E-state index contributed by atoms with van der Waals surface area (Å²) in [6.45, 7) is 3.77. The summed E-state index contributed by atoms with van der Waals surface area (Å²) in [4.78, 5) is 0. The molecule has 0 saturated carbocycles. The number of rotatable bonds is 3. The van der Waals surface area contributed by atoms with Crippen molar-refractivity contribution in [3.8, 4) is 0 Å². The van der Waals surface area contributed by atoms with Crippen molar-refractivity contribution in [1.29, 1.82) is 0 Å². The molecular weight excluding hydrogens is 458 g/mol. The molecule has 3 N–H and O–H groups in total. The molecule has 0 unspecified atom stereocenters. The third kappa shape index (κ3) is 6.47.